The highest BCUT2D eigenvalue weighted by Gasteiger charge is 2.44. The zero-order chi connectivity index (χ0) is 13.1. The third-order valence-electron chi connectivity index (χ3n) is 3.81. The minimum atomic E-state index is 0.365. The molecule has 0 bridgehead atoms. The maximum Gasteiger partial charge on any atom is 0.0915 e. The third-order valence-corrected chi connectivity index (χ3v) is 4.30. The van der Waals surface area contributed by atoms with Gasteiger partial charge in [-0.3, -0.25) is 0 Å². The Bertz CT molecular complexity index is 497. The van der Waals surface area contributed by atoms with Gasteiger partial charge in [-0.2, -0.15) is 8.75 Å². The molecular formula is C15H19N3S. The van der Waals surface area contributed by atoms with E-state index in [0.717, 1.165) is 18.7 Å². The van der Waals surface area contributed by atoms with Crippen LogP contribution in [0.1, 0.15) is 43.0 Å². The van der Waals surface area contributed by atoms with E-state index in [0.29, 0.717) is 17.9 Å². The van der Waals surface area contributed by atoms with Gasteiger partial charge in [-0.1, -0.05) is 37.3 Å². The summed E-state index contributed by atoms with van der Waals surface area (Å²) >= 11 is 1.30. The van der Waals surface area contributed by atoms with Gasteiger partial charge in [0.05, 0.1) is 29.7 Å². The molecular weight excluding hydrogens is 254 g/mol. The minimum absolute atomic E-state index is 0.365. The molecule has 1 saturated carbocycles. The zero-order valence-electron chi connectivity index (χ0n) is 11.1. The van der Waals surface area contributed by atoms with Crippen LogP contribution in [0.4, 0.5) is 0 Å². The Morgan fingerprint density at radius 1 is 1.37 bits per heavy atom. The van der Waals surface area contributed by atoms with Crippen LogP contribution in [0.3, 0.4) is 0 Å². The van der Waals surface area contributed by atoms with Crippen LogP contribution in [-0.2, 0) is 0 Å². The SMILES string of the molecule is CCCNC(c1cnsn1)C1CC1c1ccccc1. The summed E-state index contributed by atoms with van der Waals surface area (Å²) in [5.41, 5.74) is 2.57. The normalized spacial score (nSPS) is 23.2. The molecule has 1 aromatic carbocycles. The first-order valence-electron chi connectivity index (χ1n) is 6.96. The first-order valence-corrected chi connectivity index (χ1v) is 7.69. The summed E-state index contributed by atoms with van der Waals surface area (Å²) in [5, 5.41) is 3.64. The smallest absolute Gasteiger partial charge is 0.0915 e. The summed E-state index contributed by atoms with van der Waals surface area (Å²) < 4.78 is 8.58. The first-order chi connectivity index (χ1) is 9.40. The van der Waals surface area contributed by atoms with Gasteiger partial charge < -0.3 is 5.32 Å². The van der Waals surface area contributed by atoms with Gasteiger partial charge in [0.2, 0.25) is 0 Å². The Kier molecular flexibility index (Phi) is 3.89. The van der Waals surface area contributed by atoms with Crippen molar-refractivity contribution in [1.29, 1.82) is 0 Å². The highest BCUT2D eigenvalue weighted by molar-refractivity contribution is 6.99. The molecule has 0 spiro atoms. The molecule has 1 aliphatic rings. The number of aromatic nitrogens is 2. The average molecular weight is 273 g/mol. The van der Waals surface area contributed by atoms with Gasteiger partial charge in [0.1, 0.15) is 0 Å². The molecule has 3 atom stereocenters. The molecule has 0 saturated heterocycles. The molecule has 0 amide bonds. The number of rotatable bonds is 6. The van der Waals surface area contributed by atoms with E-state index in [4.69, 9.17) is 0 Å². The van der Waals surface area contributed by atoms with Gasteiger partial charge in [-0.25, -0.2) is 0 Å². The molecule has 3 nitrogen and oxygen atoms in total. The molecule has 100 valence electrons. The van der Waals surface area contributed by atoms with E-state index in [1.165, 1.54) is 23.7 Å². The third kappa shape index (κ3) is 2.85. The lowest BCUT2D eigenvalue weighted by Gasteiger charge is -2.16. The van der Waals surface area contributed by atoms with Crippen molar-refractivity contribution in [2.75, 3.05) is 6.54 Å². The lowest BCUT2D eigenvalue weighted by molar-refractivity contribution is 0.465. The Labute approximate surface area is 118 Å². The summed E-state index contributed by atoms with van der Waals surface area (Å²) in [4.78, 5) is 0. The van der Waals surface area contributed by atoms with Crippen molar-refractivity contribution in [2.45, 2.75) is 31.7 Å². The molecule has 1 heterocycles. The molecule has 4 heteroatoms. The van der Waals surface area contributed by atoms with E-state index in [1.807, 2.05) is 6.20 Å². The van der Waals surface area contributed by atoms with Crippen molar-refractivity contribution in [3.8, 4) is 0 Å². The molecule has 3 unspecified atom stereocenters. The summed E-state index contributed by atoms with van der Waals surface area (Å²) in [6, 6.07) is 11.2. The van der Waals surface area contributed by atoms with Crippen molar-refractivity contribution in [3.05, 3.63) is 47.8 Å². The van der Waals surface area contributed by atoms with Crippen LogP contribution in [0.25, 0.3) is 0 Å². The van der Waals surface area contributed by atoms with Crippen molar-refractivity contribution >= 4 is 11.7 Å². The molecule has 1 fully saturated rings. The topological polar surface area (TPSA) is 37.8 Å². The van der Waals surface area contributed by atoms with Gasteiger partial charge in [-0.15, -0.1) is 0 Å². The van der Waals surface area contributed by atoms with Crippen molar-refractivity contribution < 1.29 is 0 Å². The fraction of sp³-hybridized carbons (Fsp3) is 0.467. The number of hydrogen-bond donors (Lipinski definition) is 1. The van der Waals surface area contributed by atoms with E-state index in [-0.39, 0.29) is 0 Å². The van der Waals surface area contributed by atoms with Crippen LogP contribution in [0.5, 0.6) is 0 Å². The van der Waals surface area contributed by atoms with Gasteiger partial charge in [-0.05, 0) is 36.8 Å². The van der Waals surface area contributed by atoms with Crippen LogP contribution in [0.2, 0.25) is 0 Å². The molecule has 3 rings (SSSR count). The number of benzene rings is 1. The van der Waals surface area contributed by atoms with E-state index < -0.39 is 0 Å². The van der Waals surface area contributed by atoms with Gasteiger partial charge >= 0.3 is 0 Å². The molecule has 2 aromatic rings. The highest BCUT2D eigenvalue weighted by Crippen LogP contribution is 2.53. The Balaban J connectivity index is 1.72. The number of nitrogens with one attached hydrogen (secondary N) is 1. The van der Waals surface area contributed by atoms with E-state index >= 15 is 0 Å². The molecule has 1 N–H and O–H groups in total. The van der Waals surface area contributed by atoms with Crippen molar-refractivity contribution in [3.63, 3.8) is 0 Å². The maximum absolute atomic E-state index is 4.43. The lowest BCUT2D eigenvalue weighted by Crippen LogP contribution is -2.24. The summed E-state index contributed by atoms with van der Waals surface area (Å²) in [7, 11) is 0. The van der Waals surface area contributed by atoms with Gasteiger partial charge in [0.15, 0.2) is 0 Å². The summed E-state index contributed by atoms with van der Waals surface area (Å²) in [5.74, 6) is 1.34. The van der Waals surface area contributed by atoms with Gasteiger partial charge in [0.25, 0.3) is 0 Å². The largest absolute Gasteiger partial charge is 0.308 e. The summed E-state index contributed by atoms with van der Waals surface area (Å²) in [6.07, 6.45) is 4.32. The molecule has 0 radical (unpaired) electrons. The van der Waals surface area contributed by atoms with E-state index in [1.54, 1.807) is 0 Å². The average Bonchev–Trinajstić information content (AvgIpc) is 3.05. The molecule has 19 heavy (non-hydrogen) atoms. The predicted molar refractivity (Wildman–Crippen MR) is 78.2 cm³/mol. The second kappa shape index (κ2) is 5.80. The Morgan fingerprint density at radius 3 is 2.89 bits per heavy atom. The Hall–Kier alpha value is -1.26. The van der Waals surface area contributed by atoms with Crippen molar-refractivity contribution in [2.24, 2.45) is 5.92 Å². The highest BCUT2D eigenvalue weighted by atomic mass is 32.1. The monoisotopic (exact) mass is 273 g/mol. The van der Waals surface area contributed by atoms with Crippen LogP contribution in [-0.4, -0.2) is 15.3 Å². The fourth-order valence-corrected chi connectivity index (χ4v) is 3.21. The Morgan fingerprint density at radius 2 is 2.21 bits per heavy atom. The number of hydrogen-bond acceptors (Lipinski definition) is 4. The second-order valence-electron chi connectivity index (χ2n) is 5.18. The second-order valence-corrected chi connectivity index (χ2v) is 5.74. The fourth-order valence-electron chi connectivity index (χ4n) is 2.75. The van der Waals surface area contributed by atoms with E-state index in [9.17, 15) is 0 Å². The standard InChI is InChI=1S/C15H19N3S/c1-2-8-16-15(14-10-17-19-18-14)13-9-12(13)11-6-4-3-5-7-11/h3-7,10,12-13,15-16H,2,8-9H2,1H3. The summed E-state index contributed by atoms with van der Waals surface area (Å²) in [6.45, 7) is 3.24. The first kappa shape index (κ1) is 12.8. The van der Waals surface area contributed by atoms with Crippen LogP contribution in [0, 0.1) is 5.92 Å². The van der Waals surface area contributed by atoms with E-state index in [2.05, 4.69) is 51.3 Å². The molecule has 0 aliphatic heterocycles. The minimum Gasteiger partial charge on any atom is -0.308 e. The lowest BCUT2D eigenvalue weighted by atomic mass is 10.0. The van der Waals surface area contributed by atoms with Crippen molar-refractivity contribution in [1.82, 2.24) is 14.1 Å². The number of nitrogens with zero attached hydrogens (tertiary/aromatic N) is 2. The zero-order valence-corrected chi connectivity index (χ0v) is 11.9. The van der Waals surface area contributed by atoms with Crippen LogP contribution < -0.4 is 5.32 Å². The predicted octanol–water partition coefficient (Wildman–Crippen LogP) is 3.38. The van der Waals surface area contributed by atoms with Crippen LogP contribution in [0.15, 0.2) is 36.5 Å². The quantitative estimate of drug-likeness (QED) is 0.876. The molecule has 1 aromatic heterocycles. The maximum atomic E-state index is 4.43. The molecule has 1 aliphatic carbocycles. The van der Waals surface area contributed by atoms with Crippen LogP contribution >= 0.6 is 11.7 Å². The van der Waals surface area contributed by atoms with Gasteiger partial charge in [0, 0.05) is 0 Å².